The third-order valence-electron chi connectivity index (χ3n) is 5.81. The van der Waals surface area contributed by atoms with Crippen LogP contribution in [0.15, 0.2) is 77.8 Å². The van der Waals surface area contributed by atoms with E-state index in [0.717, 1.165) is 11.1 Å². The average molecular weight is 523 g/mol. The standard InChI is InChI=1S/C27H24Cl2N4O3/c1-16(30-23(34)14-18-12-13-19(28)15-21(18)29)26(35)32-25-27(36)33(2)22-11-7-6-10-20(22)24(31-25)17-8-4-3-5-9-17/h3-13,15-16,25H,14H2,1-2H3,(H,30,34)(H,32,35)/t16-,25+/m0/s1. The van der Waals surface area contributed by atoms with Crippen LogP contribution in [0.25, 0.3) is 0 Å². The molecule has 1 heterocycles. The second-order valence-corrected chi connectivity index (χ2v) is 9.21. The Morgan fingerprint density at radius 3 is 2.44 bits per heavy atom. The van der Waals surface area contributed by atoms with Crippen LogP contribution >= 0.6 is 23.2 Å². The van der Waals surface area contributed by atoms with E-state index in [2.05, 4.69) is 15.6 Å². The Bertz CT molecular complexity index is 1340. The van der Waals surface area contributed by atoms with Crippen LogP contribution in [0.3, 0.4) is 0 Å². The molecule has 184 valence electrons. The number of aliphatic imine (C=N–C) groups is 1. The summed E-state index contributed by atoms with van der Waals surface area (Å²) in [6.45, 7) is 1.54. The van der Waals surface area contributed by atoms with Crippen LogP contribution in [-0.4, -0.2) is 42.7 Å². The highest BCUT2D eigenvalue weighted by atomic mass is 35.5. The summed E-state index contributed by atoms with van der Waals surface area (Å²) < 4.78 is 0. The number of nitrogens with zero attached hydrogens (tertiary/aromatic N) is 2. The number of amides is 3. The highest BCUT2D eigenvalue weighted by Gasteiger charge is 2.32. The van der Waals surface area contributed by atoms with Crippen LogP contribution < -0.4 is 15.5 Å². The number of benzodiazepines with no additional fused rings is 1. The third kappa shape index (κ3) is 5.58. The predicted molar refractivity (Wildman–Crippen MR) is 142 cm³/mol. The van der Waals surface area contributed by atoms with E-state index in [1.165, 1.54) is 11.8 Å². The number of hydrogen-bond donors (Lipinski definition) is 2. The minimum absolute atomic E-state index is 0.0235. The first-order valence-electron chi connectivity index (χ1n) is 11.3. The molecule has 9 heteroatoms. The van der Waals surface area contributed by atoms with E-state index < -0.39 is 29.9 Å². The highest BCUT2D eigenvalue weighted by Crippen LogP contribution is 2.27. The predicted octanol–water partition coefficient (Wildman–Crippen LogP) is 4.00. The van der Waals surface area contributed by atoms with Crippen molar-refractivity contribution in [1.82, 2.24) is 10.6 Å². The average Bonchev–Trinajstić information content (AvgIpc) is 2.97. The van der Waals surface area contributed by atoms with E-state index in [-0.39, 0.29) is 6.42 Å². The van der Waals surface area contributed by atoms with Gasteiger partial charge in [-0.25, -0.2) is 4.99 Å². The zero-order chi connectivity index (χ0) is 25.8. The first kappa shape index (κ1) is 25.4. The molecule has 3 aromatic rings. The van der Waals surface area contributed by atoms with Crippen molar-refractivity contribution in [1.29, 1.82) is 0 Å². The van der Waals surface area contributed by atoms with Gasteiger partial charge in [-0.15, -0.1) is 0 Å². The number of likely N-dealkylation sites (N-methyl/N-ethyl adjacent to an activating group) is 1. The zero-order valence-corrected chi connectivity index (χ0v) is 21.2. The zero-order valence-electron chi connectivity index (χ0n) is 19.7. The van der Waals surface area contributed by atoms with E-state index in [0.29, 0.717) is 27.0 Å². The Morgan fingerprint density at radius 1 is 1.03 bits per heavy atom. The Balaban J connectivity index is 1.53. The lowest BCUT2D eigenvalue weighted by atomic mass is 10.0. The SMILES string of the molecule is C[C@H](NC(=O)Cc1ccc(Cl)cc1Cl)C(=O)N[C@H]1N=C(c2ccccc2)c2ccccc2N(C)C1=O. The fourth-order valence-electron chi connectivity index (χ4n) is 3.90. The van der Waals surface area contributed by atoms with Gasteiger partial charge in [-0.1, -0.05) is 77.8 Å². The van der Waals surface area contributed by atoms with Gasteiger partial charge in [0.15, 0.2) is 0 Å². The number of benzene rings is 3. The minimum Gasteiger partial charge on any atom is -0.344 e. The summed E-state index contributed by atoms with van der Waals surface area (Å²) >= 11 is 12.1. The maximum absolute atomic E-state index is 13.3. The maximum atomic E-state index is 13.3. The van der Waals surface area contributed by atoms with Gasteiger partial charge in [0.1, 0.15) is 6.04 Å². The van der Waals surface area contributed by atoms with Gasteiger partial charge in [-0.05, 0) is 30.7 Å². The molecule has 0 saturated heterocycles. The van der Waals surface area contributed by atoms with Gasteiger partial charge in [0.25, 0.3) is 5.91 Å². The van der Waals surface area contributed by atoms with Crippen molar-refractivity contribution in [3.63, 3.8) is 0 Å². The summed E-state index contributed by atoms with van der Waals surface area (Å²) in [5.41, 5.74) is 3.44. The molecular formula is C27H24Cl2N4O3. The monoisotopic (exact) mass is 522 g/mol. The number of carbonyl (C=O) groups is 3. The Labute approximate surface area is 219 Å². The Morgan fingerprint density at radius 2 is 1.72 bits per heavy atom. The highest BCUT2D eigenvalue weighted by molar-refractivity contribution is 6.35. The van der Waals surface area contributed by atoms with Crippen molar-refractivity contribution in [3.8, 4) is 0 Å². The van der Waals surface area contributed by atoms with E-state index in [1.807, 2.05) is 54.6 Å². The molecular weight excluding hydrogens is 499 g/mol. The molecule has 2 N–H and O–H groups in total. The number of halogens is 2. The molecule has 0 fully saturated rings. The van der Waals surface area contributed by atoms with E-state index >= 15 is 0 Å². The number of nitrogens with one attached hydrogen (secondary N) is 2. The third-order valence-corrected chi connectivity index (χ3v) is 6.39. The molecule has 0 aliphatic carbocycles. The van der Waals surface area contributed by atoms with Gasteiger partial charge in [-0.3, -0.25) is 14.4 Å². The smallest absolute Gasteiger partial charge is 0.272 e. The summed E-state index contributed by atoms with van der Waals surface area (Å²) in [6.07, 6.45) is -1.19. The maximum Gasteiger partial charge on any atom is 0.272 e. The molecule has 3 aromatic carbocycles. The molecule has 0 aromatic heterocycles. The van der Waals surface area contributed by atoms with Crippen molar-refractivity contribution in [3.05, 3.63) is 99.5 Å². The van der Waals surface area contributed by atoms with Crippen molar-refractivity contribution in [2.24, 2.45) is 4.99 Å². The first-order chi connectivity index (χ1) is 17.2. The summed E-state index contributed by atoms with van der Waals surface area (Å²) in [5.74, 6) is -1.33. The molecule has 36 heavy (non-hydrogen) atoms. The van der Waals surface area contributed by atoms with Gasteiger partial charge in [-0.2, -0.15) is 0 Å². The number of hydrogen-bond acceptors (Lipinski definition) is 4. The number of fused-ring (bicyclic) bond motifs is 1. The molecule has 0 unspecified atom stereocenters. The number of anilines is 1. The summed E-state index contributed by atoms with van der Waals surface area (Å²) in [5, 5.41) is 6.16. The van der Waals surface area contributed by atoms with Gasteiger partial charge in [0.2, 0.25) is 18.0 Å². The van der Waals surface area contributed by atoms with Gasteiger partial charge < -0.3 is 15.5 Å². The second-order valence-electron chi connectivity index (χ2n) is 8.37. The van der Waals surface area contributed by atoms with Gasteiger partial charge in [0.05, 0.1) is 17.8 Å². The number of para-hydroxylation sites is 1. The lowest BCUT2D eigenvalue weighted by molar-refractivity contribution is -0.130. The molecule has 0 bridgehead atoms. The van der Waals surface area contributed by atoms with Gasteiger partial charge in [0, 0.05) is 28.2 Å². The van der Waals surface area contributed by atoms with Crippen molar-refractivity contribution in [2.45, 2.75) is 25.6 Å². The normalized spacial score (nSPS) is 15.9. The number of rotatable bonds is 6. The van der Waals surface area contributed by atoms with Crippen molar-refractivity contribution >= 4 is 52.3 Å². The summed E-state index contributed by atoms with van der Waals surface area (Å²) in [4.78, 5) is 44.9. The van der Waals surface area contributed by atoms with Crippen LogP contribution in [0.1, 0.15) is 23.6 Å². The largest absolute Gasteiger partial charge is 0.344 e. The topological polar surface area (TPSA) is 90.9 Å². The van der Waals surface area contributed by atoms with Crippen molar-refractivity contribution < 1.29 is 14.4 Å². The minimum atomic E-state index is -1.17. The van der Waals surface area contributed by atoms with Crippen LogP contribution in [0.5, 0.6) is 0 Å². The molecule has 7 nitrogen and oxygen atoms in total. The fraction of sp³-hybridized carbons (Fsp3) is 0.185. The van der Waals surface area contributed by atoms with E-state index in [4.69, 9.17) is 23.2 Å². The lowest BCUT2D eigenvalue weighted by Crippen LogP contribution is -2.52. The van der Waals surface area contributed by atoms with Crippen LogP contribution in [0.2, 0.25) is 10.0 Å². The molecule has 1 aliphatic rings. The Kier molecular flexibility index (Phi) is 7.72. The second kappa shape index (κ2) is 10.9. The van der Waals surface area contributed by atoms with Crippen molar-refractivity contribution in [2.75, 3.05) is 11.9 Å². The molecule has 3 amide bonds. The van der Waals surface area contributed by atoms with E-state index in [1.54, 1.807) is 25.2 Å². The molecule has 2 atom stereocenters. The fourth-order valence-corrected chi connectivity index (χ4v) is 4.37. The van der Waals surface area contributed by atoms with Crippen LogP contribution in [-0.2, 0) is 20.8 Å². The molecule has 4 rings (SSSR count). The molecule has 0 radical (unpaired) electrons. The van der Waals surface area contributed by atoms with Gasteiger partial charge >= 0.3 is 0 Å². The summed E-state index contributed by atoms with van der Waals surface area (Å²) in [6, 6.07) is 20.8. The van der Waals surface area contributed by atoms with Crippen LogP contribution in [0.4, 0.5) is 5.69 Å². The first-order valence-corrected chi connectivity index (χ1v) is 12.0. The quantitative estimate of drug-likeness (QED) is 0.512. The molecule has 1 aliphatic heterocycles. The van der Waals surface area contributed by atoms with Crippen LogP contribution in [0, 0.1) is 0 Å². The Hall–Kier alpha value is -3.68. The summed E-state index contributed by atoms with van der Waals surface area (Å²) in [7, 11) is 1.64. The lowest BCUT2D eigenvalue weighted by Gasteiger charge is -2.22. The number of carbonyl (C=O) groups excluding carboxylic acids is 3. The molecule has 0 spiro atoms. The van der Waals surface area contributed by atoms with E-state index in [9.17, 15) is 14.4 Å². The molecule has 0 saturated carbocycles.